The number of nitrogens with zero attached hydrogens (tertiary/aromatic N) is 1. The summed E-state index contributed by atoms with van der Waals surface area (Å²) in [5, 5.41) is 2.76. The summed E-state index contributed by atoms with van der Waals surface area (Å²) < 4.78 is 5.11. The van der Waals surface area contributed by atoms with Crippen LogP contribution in [0, 0.1) is 5.41 Å². The van der Waals surface area contributed by atoms with Crippen LogP contribution in [0.3, 0.4) is 0 Å². The van der Waals surface area contributed by atoms with Crippen LogP contribution in [0.15, 0.2) is 24.3 Å². The molecule has 1 aromatic rings. The largest absolute Gasteiger partial charge is 0.497 e. The van der Waals surface area contributed by atoms with Gasteiger partial charge in [-0.2, -0.15) is 0 Å². The average Bonchev–Trinajstić information content (AvgIpc) is 2.52. The van der Waals surface area contributed by atoms with Gasteiger partial charge < -0.3 is 20.7 Å². The molecule has 6 nitrogen and oxygen atoms in total. The summed E-state index contributed by atoms with van der Waals surface area (Å²) in [7, 11) is 1.56. The number of amides is 2. The lowest BCUT2D eigenvalue weighted by Gasteiger charge is -2.29. The van der Waals surface area contributed by atoms with Crippen LogP contribution in [0.1, 0.15) is 20.8 Å². The van der Waals surface area contributed by atoms with Gasteiger partial charge in [0.05, 0.1) is 19.1 Å². The van der Waals surface area contributed by atoms with Crippen molar-refractivity contribution in [2.75, 3.05) is 32.1 Å². The summed E-state index contributed by atoms with van der Waals surface area (Å²) in [6.45, 7) is 6.07. The van der Waals surface area contributed by atoms with E-state index in [-0.39, 0.29) is 24.9 Å². The van der Waals surface area contributed by atoms with E-state index in [0.717, 1.165) is 0 Å². The first-order valence-electron chi connectivity index (χ1n) is 7.27. The first kappa shape index (κ1) is 18.0. The highest BCUT2D eigenvalue weighted by molar-refractivity contribution is 5.95. The molecule has 22 heavy (non-hydrogen) atoms. The fourth-order valence-corrected chi connectivity index (χ4v) is 1.92. The summed E-state index contributed by atoms with van der Waals surface area (Å²) in [6.07, 6.45) is 0. The van der Waals surface area contributed by atoms with Gasteiger partial charge in [-0.05, 0) is 32.9 Å². The van der Waals surface area contributed by atoms with Crippen molar-refractivity contribution in [2.24, 2.45) is 11.1 Å². The smallest absolute Gasteiger partial charge is 0.243 e. The zero-order valence-electron chi connectivity index (χ0n) is 13.7. The van der Waals surface area contributed by atoms with Crippen molar-refractivity contribution >= 4 is 17.5 Å². The third-order valence-electron chi connectivity index (χ3n) is 3.45. The third-order valence-corrected chi connectivity index (χ3v) is 3.45. The van der Waals surface area contributed by atoms with Gasteiger partial charge in [-0.25, -0.2) is 0 Å². The number of nitrogens with one attached hydrogen (secondary N) is 1. The van der Waals surface area contributed by atoms with Crippen LogP contribution in [-0.4, -0.2) is 43.5 Å². The molecule has 0 radical (unpaired) electrons. The van der Waals surface area contributed by atoms with Crippen molar-refractivity contribution in [3.05, 3.63) is 24.3 Å². The first-order chi connectivity index (χ1) is 10.3. The summed E-state index contributed by atoms with van der Waals surface area (Å²) in [5.41, 5.74) is 5.58. The van der Waals surface area contributed by atoms with E-state index in [1.54, 1.807) is 45.2 Å². The van der Waals surface area contributed by atoms with Crippen LogP contribution in [0.25, 0.3) is 0 Å². The number of ether oxygens (including phenoxy) is 1. The van der Waals surface area contributed by atoms with Crippen LogP contribution in [-0.2, 0) is 9.59 Å². The fourth-order valence-electron chi connectivity index (χ4n) is 1.92. The average molecular weight is 307 g/mol. The van der Waals surface area contributed by atoms with Crippen LogP contribution in [0.4, 0.5) is 5.69 Å². The molecule has 0 heterocycles. The molecule has 0 bridgehead atoms. The topological polar surface area (TPSA) is 84.7 Å². The summed E-state index contributed by atoms with van der Waals surface area (Å²) in [5.74, 6) is 0.278. The van der Waals surface area contributed by atoms with Gasteiger partial charge in [0.2, 0.25) is 11.8 Å². The number of benzene rings is 1. The molecule has 0 saturated carbocycles. The normalized spacial score (nSPS) is 11.0. The van der Waals surface area contributed by atoms with E-state index >= 15 is 0 Å². The SMILES string of the molecule is CCN(CC(=O)Nc1cccc(OC)c1)C(=O)C(C)(C)CN. The molecule has 0 aliphatic carbocycles. The zero-order chi connectivity index (χ0) is 16.8. The predicted molar refractivity (Wildman–Crippen MR) is 86.7 cm³/mol. The molecular formula is C16H25N3O3. The van der Waals surface area contributed by atoms with E-state index in [9.17, 15) is 9.59 Å². The summed E-state index contributed by atoms with van der Waals surface area (Å²) in [4.78, 5) is 26.0. The van der Waals surface area contributed by atoms with Crippen molar-refractivity contribution in [1.29, 1.82) is 0 Å². The Morgan fingerprint density at radius 1 is 1.36 bits per heavy atom. The number of rotatable bonds is 7. The second kappa shape index (κ2) is 7.79. The molecule has 122 valence electrons. The quantitative estimate of drug-likeness (QED) is 0.799. The molecule has 3 N–H and O–H groups in total. The van der Waals surface area contributed by atoms with Crippen molar-refractivity contribution in [3.63, 3.8) is 0 Å². The van der Waals surface area contributed by atoms with Gasteiger partial charge >= 0.3 is 0 Å². The number of hydrogen-bond acceptors (Lipinski definition) is 4. The fraction of sp³-hybridized carbons (Fsp3) is 0.500. The summed E-state index contributed by atoms with van der Waals surface area (Å²) >= 11 is 0. The Bertz CT molecular complexity index is 529. The maximum absolute atomic E-state index is 12.4. The Kier molecular flexibility index (Phi) is 6.37. The number of carbonyl (C=O) groups is 2. The van der Waals surface area contributed by atoms with Gasteiger partial charge in [0.15, 0.2) is 0 Å². The van der Waals surface area contributed by atoms with Crippen LogP contribution in [0.5, 0.6) is 5.75 Å². The minimum absolute atomic E-state index is 0.00399. The minimum atomic E-state index is -0.674. The molecule has 0 aliphatic rings. The molecule has 6 heteroatoms. The van der Waals surface area contributed by atoms with Crippen molar-refractivity contribution in [1.82, 2.24) is 4.90 Å². The highest BCUT2D eigenvalue weighted by Crippen LogP contribution is 2.18. The Labute approximate surface area is 131 Å². The lowest BCUT2D eigenvalue weighted by Crippen LogP contribution is -2.47. The molecule has 0 saturated heterocycles. The zero-order valence-corrected chi connectivity index (χ0v) is 13.7. The van der Waals surface area contributed by atoms with E-state index in [4.69, 9.17) is 10.5 Å². The monoisotopic (exact) mass is 307 g/mol. The molecule has 0 aliphatic heterocycles. The second-order valence-electron chi connectivity index (χ2n) is 5.69. The number of methoxy groups -OCH3 is 1. The first-order valence-corrected chi connectivity index (χ1v) is 7.27. The highest BCUT2D eigenvalue weighted by Gasteiger charge is 2.30. The maximum atomic E-state index is 12.4. The predicted octanol–water partition coefficient (Wildman–Crippen LogP) is 1.47. The Hall–Kier alpha value is -2.08. The number of likely N-dealkylation sites (N-methyl/N-ethyl adjacent to an activating group) is 1. The van der Waals surface area contributed by atoms with Gasteiger partial charge in [-0.1, -0.05) is 6.07 Å². The Morgan fingerprint density at radius 3 is 2.59 bits per heavy atom. The number of carbonyl (C=O) groups excluding carboxylic acids is 2. The van der Waals surface area contributed by atoms with Crippen molar-refractivity contribution in [2.45, 2.75) is 20.8 Å². The molecule has 1 aromatic carbocycles. The van der Waals surface area contributed by atoms with E-state index in [2.05, 4.69) is 5.32 Å². The van der Waals surface area contributed by atoms with E-state index < -0.39 is 5.41 Å². The molecule has 0 unspecified atom stereocenters. The standard InChI is InChI=1S/C16H25N3O3/c1-5-19(15(21)16(2,3)11-17)10-14(20)18-12-7-6-8-13(9-12)22-4/h6-9H,5,10-11,17H2,1-4H3,(H,18,20). The van der Waals surface area contributed by atoms with Crippen LogP contribution >= 0.6 is 0 Å². The molecule has 0 aromatic heterocycles. The van der Waals surface area contributed by atoms with Gasteiger partial charge in [0, 0.05) is 24.8 Å². The van der Waals surface area contributed by atoms with E-state index in [1.807, 2.05) is 6.92 Å². The molecular weight excluding hydrogens is 282 g/mol. The molecule has 0 atom stereocenters. The molecule has 2 amide bonds. The van der Waals surface area contributed by atoms with E-state index in [1.165, 1.54) is 4.90 Å². The van der Waals surface area contributed by atoms with Crippen molar-refractivity contribution in [3.8, 4) is 5.75 Å². The Balaban J connectivity index is 2.71. The van der Waals surface area contributed by atoms with E-state index in [0.29, 0.717) is 18.0 Å². The second-order valence-corrected chi connectivity index (χ2v) is 5.69. The van der Waals surface area contributed by atoms with Crippen LogP contribution in [0.2, 0.25) is 0 Å². The van der Waals surface area contributed by atoms with Gasteiger partial charge in [-0.3, -0.25) is 9.59 Å². The molecule has 0 fully saturated rings. The van der Waals surface area contributed by atoms with Gasteiger partial charge in [0.25, 0.3) is 0 Å². The molecule has 1 rings (SSSR count). The van der Waals surface area contributed by atoms with Gasteiger partial charge in [-0.15, -0.1) is 0 Å². The third kappa shape index (κ3) is 4.73. The lowest BCUT2D eigenvalue weighted by molar-refractivity contribution is -0.142. The number of anilines is 1. The number of hydrogen-bond donors (Lipinski definition) is 2. The lowest BCUT2D eigenvalue weighted by atomic mass is 9.92. The van der Waals surface area contributed by atoms with Crippen molar-refractivity contribution < 1.29 is 14.3 Å². The molecule has 0 spiro atoms. The maximum Gasteiger partial charge on any atom is 0.243 e. The summed E-state index contributed by atoms with van der Waals surface area (Å²) in [6, 6.07) is 7.07. The highest BCUT2D eigenvalue weighted by atomic mass is 16.5. The minimum Gasteiger partial charge on any atom is -0.497 e. The van der Waals surface area contributed by atoms with Crippen LogP contribution < -0.4 is 15.8 Å². The van der Waals surface area contributed by atoms with Gasteiger partial charge in [0.1, 0.15) is 5.75 Å². The Morgan fingerprint density at radius 2 is 2.05 bits per heavy atom. The number of nitrogens with two attached hydrogens (primary N) is 1.